The number of aliphatic hydroxyl groups is 1. The fourth-order valence-corrected chi connectivity index (χ4v) is 7.12. The number of hydrogen-bond donors (Lipinski definition) is 2. The predicted octanol–water partition coefficient (Wildman–Crippen LogP) is 7.80. The van der Waals surface area contributed by atoms with Crippen molar-refractivity contribution in [2.75, 3.05) is 12.0 Å². The molecule has 4 aromatic rings. The number of methoxy groups -OCH3 is 1. The molecule has 0 saturated heterocycles. The highest BCUT2D eigenvalue weighted by molar-refractivity contribution is 9.10. The minimum atomic E-state index is -1.09. The maximum absolute atomic E-state index is 13.5. The van der Waals surface area contributed by atoms with Crippen LogP contribution in [0.4, 0.5) is 5.13 Å². The monoisotopic (exact) mass is 703 g/mol. The number of thioether (sulfide) groups is 1. The summed E-state index contributed by atoms with van der Waals surface area (Å²) in [5, 5.41) is 31.1. The molecule has 214 valence electrons. The number of ether oxygens (including phenoxy) is 1. The number of phenols is 1. The van der Waals surface area contributed by atoms with E-state index >= 15 is 0 Å². The lowest BCUT2D eigenvalue weighted by molar-refractivity contribution is -0.117. The van der Waals surface area contributed by atoms with Gasteiger partial charge in [0.25, 0.3) is 5.91 Å². The SMILES string of the molecule is COc1cc(C2C(C(=O)/C=C/c3ccccc3)=C(O)C(=O)N2c2nnc(SCc3ccc(Cl)cc3Cl)s2)cc(Br)c1O. The number of amides is 1. The number of carbonyl (C=O) groups excluding carboxylic acids is 2. The number of ketones is 1. The molecule has 1 aliphatic rings. The van der Waals surface area contributed by atoms with Gasteiger partial charge in [-0.1, -0.05) is 88.8 Å². The van der Waals surface area contributed by atoms with E-state index < -0.39 is 23.5 Å². The van der Waals surface area contributed by atoms with E-state index in [0.717, 1.165) is 22.5 Å². The van der Waals surface area contributed by atoms with Crippen LogP contribution in [0.15, 0.2) is 86.9 Å². The van der Waals surface area contributed by atoms with Crippen LogP contribution in [-0.4, -0.2) is 39.2 Å². The fraction of sp³-hybridized carbons (Fsp3) is 0.103. The predicted molar refractivity (Wildman–Crippen MR) is 169 cm³/mol. The van der Waals surface area contributed by atoms with Gasteiger partial charge in [0.15, 0.2) is 27.4 Å². The summed E-state index contributed by atoms with van der Waals surface area (Å²) in [4.78, 5) is 28.2. The zero-order chi connectivity index (χ0) is 30.0. The van der Waals surface area contributed by atoms with Gasteiger partial charge in [0.05, 0.1) is 23.2 Å². The van der Waals surface area contributed by atoms with Gasteiger partial charge in [0.2, 0.25) is 5.13 Å². The molecule has 1 aliphatic heterocycles. The third-order valence-electron chi connectivity index (χ3n) is 6.25. The minimum absolute atomic E-state index is 0.109. The Morgan fingerprint density at radius 1 is 1.14 bits per heavy atom. The number of aliphatic hydroxyl groups excluding tert-OH is 1. The number of rotatable bonds is 9. The number of hydrogen-bond acceptors (Lipinski definition) is 9. The van der Waals surface area contributed by atoms with Crippen LogP contribution in [-0.2, 0) is 15.3 Å². The number of anilines is 1. The molecule has 0 bridgehead atoms. The molecular formula is C29H20BrCl2N3O5S2. The molecule has 1 amide bonds. The molecule has 5 rings (SSSR count). The first-order valence-corrected chi connectivity index (χ1v) is 15.5. The molecule has 1 aromatic heterocycles. The maximum atomic E-state index is 13.5. The summed E-state index contributed by atoms with van der Waals surface area (Å²) >= 11 is 18.1. The van der Waals surface area contributed by atoms with Gasteiger partial charge in [-0.05, 0) is 63.0 Å². The molecule has 1 unspecified atom stereocenters. The fourth-order valence-electron chi connectivity index (χ4n) is 4.24. The second kappa shape index (κ2) is 12.9. The first-order chi connectivity index (χ1) is 20.2. The molecule has 1 atom stereocenters. The standard InChI is InChI=1S/C29H20BrCl2N3O5S2/c1-40-22-12-17(11-19(30)25(22)37)24-23(21(36)10-7-15-5-3-2-4-6-15)26(38)27(39)35(24)28-33-34-29(42-28)41-14-16-8-9-18(31)13-20(16)32/h2-13,24,37-38H,14H2,1H3/b10-7+. The molecule has 0 aliphatic carbocycles. The zero-order valence-electron chi connectivity index (χ0n) is 21.6. The Kier molecular flexibility index (Phi) is 9.24. The molecule has 0 spiro atoms. The van der Waals surface area contributed by atoms with Gasteiger partial charge >= 0.3 is 0 Å². The number of benzene rings is 3. The van der Waals surface area contributed by atoms with Gasteiger partial charge < -0.3 is 14.9 Å². The number of aromatic hydroxyl groups is 1. The molecule has 2 heterocycles. The molecule has 13 heteroatoms. The van der Waals surface area contributed by atoms with E-state index in [1.54, 1.807) is 24.3 Å². The highest BCUT2D eigenvalue weighted by Crippen LogP contribution is 2.46. The van der Waals surface area contributed by atoms with E-state index in [-0.39, 0.29) is 26.7 Å². The van der Waals surface area contributed by atoms with E-state index in [9.17, 15) is 19.8 Å². The number of allylic oxidation sites excluding steroid dienone is 1. The number of carbonyl (C=O) groups is 2. The van der Waals surface area contributed by atoms with E-state index in [1.165, 1.54) is 35.9 Å². The first-order valence-electron chi connectivity index (χ1n) is 12.2. The Morgan fingerprint density at radius 2 is 1.90 bits per heavy atom. The maximum Gasteiger partial charge on any atom is 0.296 e. The number of halogens is 3. The Hall–Kier alpha value is -3.35. The third kappa shape index (κ3) is 6.20. The summed E-state index contributed by atoms with van der Waals surface area (Å²) in [5.41, 5.74) is 1.85. The average Bonchev–Trinajstić information content (AvgIpc) is 3.55. The summed E-state index contributed by atoms with van der Waals surface area (Å²) < 4.78 is 6.12. The van der Waals surface area contributed by atoms with Gasteiger partial charge in [-0.15, -0.1) is 10.2 Å². The third-order valence-corrected chi connectivity index (χ3v) is 9.55. The van der Waals surface area contributed by atoms with Crippen LogP contribution >= 0.6 is 62.2 Å². The minimum Gasteiger partial charge on any atom is -0.503 e. The van der Waals surface area contributed by atoms with Crippen molar-refractivity contribution in [3.63, 3.8) is 0 Å². The Balaban J connectivity index is 1.51. The zero-order valence-corrected chi connectivity index (χ0v) is 26.4. The average molecular weight is 705 g/mol. The van der Waals surface area contributed by atoms with Crippen molar-refractivity contribution in [2.24, 2.45) is 0 Å². The smallest absolute Gasteiger partial charge is 0.296 e. The van der Waals surface area contributed by atoms with Crippen molar-refractivity contribution < 1.29 is 24.5 Å². The van der Waals surface area contributed by atoms with Gasteiger partial charge in [-0.2, -0.15) is 0 Å². The lowest BCUT2D eigenvalue weighted by Crippen LogP contribution is -2.31. The van der Waals surface area contributed by atoms with Crippen molar-refractivity contribution in [3.8, 4) is 11.5 Å². The van der Waals surface area contributed by atoms with Crippen LogP contribution in [0, 0.1) is 0 Å². The van der Waals surface area contributed by atoms with E-state index in [1.807, 2.05) is 36.4 Å². The summed E-state index contributed by atoms with van der Waals surface area (Å²) in [6, 6.07) is 16.3. The quantitative estimate of drug-likeness (QED) is 0.103. The molecule has 0 saturated carbocycles. The van der Waals surface area contributed by atoms with Crippen LogP contribution in [0.1, 0.15) is 22.7 Å². The number of phenolic OH excluding ortho intramolecular Hbond substituents is 1. The molecule has 3 aromatic carbocycles. The van der Waals surface area contributed by atoms with Crippen molar-refractivity contribution >= 4 is 85.1 Å². The molecule has 0 radical (unpaired) electrons. The van der Waals surface area contributed by atoms with Crippen molar-refractivity contribution in [2.45, 2.75) is 16.1 Å². The Morgan fingerprint density at radius 3 is 2.62 bits per heavy atom. The van der Waals surface area contributed by atoms with Crippen molar-refractivity contribution in [3.05, 3.63) is 109 Å². The summed E-state index contributed by atoms with van der Waals surface area (Å²) in [7, 11) is 1.38. The number of nitrogens with zero attached hydrogens (tertiary/aromatic N) is 3. The molecule has 0 fully saturated rings. The first kappa shape index (κ1) is 30.1. The summed E-state index contributed by atoms with van der Waals surface area (Å²) in [6.07, 6.45) is 2.90. The van der Waals surface area contributed by atoms with Crippen LogP contribution in [0.5, 0.6) is 11.5 Å². The van der Waals surface area contributed by atoms with Crippen molar-refractivity contribution in [1.82, 2.24) is 10.2 Å². The topological polar surface area (TPSA) is 113 Å². The number of aromatic nitrogens is 2. The normalized spacial score (nSPS) is 15.2. The molecular weight excluding hydrogens is 685 g/mol. The highest BCUT2D eigenvalue weighted by atomic mass is 79.9. The van der Waals surface area contributed by atoms with Crippen LogP contribution < -0.4 is 9.64 Å². The van der Waals surface area contributed by atoms with Crippen LogP contribution in [0.25, 0.3) is 6.08 Å². The molecule has 42 heavy (non-hydrogen) atoms. The highest BCUT2D eigenvalue weighted by Gasteiger charge is 2.45. The summed E-state index contributed by atoms with van der Waals surface area (Å²) in [6.45, 7) is 0. The molecule has 2 N–H and O–H groups in total. The van der Waals surface area contributed by atoms with Gasteiger partial charge in [-0.25, -0.2) is 0 Å². The largest absolute Gasteiger partial charge is 0.503 e. The second-order valence-corrected chi connectivity index (χ2v) is 12.8. The Bertz CT molecular complexity index is 1750. The van der Waals surface area contributed by atoms with E-state index in [0.29, 0.717) is 25.7 Å². The van der Waals surface area contributed by atoms with Gasteiger partial charge in [-0.3, -0.25) is 14.5 Å². The lowest BCUT2D eigenvalue weighted by atomic mass is 9.95. The van der Waals surface area contributed by atoms with Crippen LogP contribution in [0.3, 0.4) is 0 Å². The summed E-state index contributed by atoms with van der Waals surface area (Å²) in [5.74, 6) is -1.66. The van der Waals surface area contributed by atoms with Crippen molar-refractivity contribution in [1.29, 1.82) is 0 Å². The van der Waals surface area contributed by atoms with E-state index in [4.69, 9.17) is 27.9 Å². The molecule has 8 nitrogen and oxygen atoms in total. The van der Waals surface area contributed by atoms with Gasteiger partial charge in [0.1, 0.15) is 0 Å². The van der Waals surface area contributed by atoms with Gasteiger partial charge in [0, 0.05) is 15.8 Å². The lowest BCUT2D eigenvalue weighted by Gasteiger charge is -2.24. The Labute approximate surface area is 267 Å². The van der Waals surface area contributed by atoms with E-state index in [2.05, 4.69) is 26.1 Å². The van der Waals surface area contributed by atoms with Crippen LogP contribution in [0.2, 0.25) is 10.0 Å². The second-order valence-electron chi connectivity index (χ2n) is 8.88.